The molecule has 3 heteroatoms. The van der Waals surface area contributed by atoms with Crippen LogP contribution in [0.1, 0.15) is 39.5 Å². The summed E-state index contributed by atoms with van der Waals surface area (Å²) in [6.07, 6.45) is 5.20. The van der Waals surface area contributed by atoms with Crippen LogP contribution in [-0.2, 0) is 0 Å². The van der Waals surface area contributed by atoms with Crippen molar-refractivity contribution in [2.75, 3.05) is 40.3 Å². The van der Waals surface area contributed by atoms with E-state index in [0.29, 0.717) is 0 Å². The molecule has 0 radical (unpaired) electrons. The fourth-order valence-corrected chi connectivity index (χ4v) is 2.34. The molecule has 3 nitrogen and oxygen atoms in total. The zero-order valence-corrected chi connectivity index (χ0v) is 12.2. The molecular weight excluding hydrogens is 210 g/mol. The van der Waals surface area contributed by atoms with Crippen molar-refractivity contribution in [1.82, 2.24) is 9.80 Å². The van der Waals surface area contributed by atoms with Crippen LogP contribution in [-0.4, -0.2) is 55.6 Å². The molecule has 1 aliphatic rings. The zero-order valence-electron chi connectivity index (χ0n) is 12.2. The van der Waals surface area contributed by atoms with Gasteiger partial charge >= 0.3 is 0 Å². The van der Waals surface area contributed by atoms with Gasteiger partial charge in [0, 0.05) is 5.54 Å². The van der Waals surface area contributed by atoms with Crippen LogP contribution in [0.4, 0.5) is 0 Å². The number of likely N-dealkylation sites (tertiary alicyclic amines) is 1. The van der Waals surface area contributed by atoms with Crippen LogP contribution in [0.5, 0.6) is 0 Å². The van der Waals surface area contributed by atoms with Gasteiger partial charge in [-0.1, -0.05) is 0 Å². The maximum absolute atomic E-state index is 6.01. The van der Waals surface area contributed by atoms with E-state index in [1.807, 2.05) is 0 Å². The Hall–Kier alpha value is -0.120. The van der Waals surface area contributed by atoms with Gasteiger partial charge < -0.3 is 15.5 Å². The van der Waals surface area contributed by atoms with E-state index in [9.17, 15) is 0 Å². The minimum atomic E-state index is -0.0260. The Labute approximate surface area is 107 Å². The molecule has 17 heavy (non-hydrogen) atoms. The van der Waals surface area contributed by atoms with Crippen molar-refractivity contribution in [3.8, 4) is 0 Å². The summed E-state index contributed by atoms with van der Waals surface area (Å²) in [5.74, 6) is 0.944. The molecular formula is C14H31N3. The molecule has 1 aliphatic heterocycles. The highest BCUT2D eigenvalue weighted by atomic mass is 15.1. The van der Waals surface area contributed by atoms with Gasteiger partial charge in [-0.3, -0.25) is 0 Å². The summed E-state index contributed by atoms with van der Waals surface area (Å²) in [6.45, 7) is 9.13. The molecule has 1 fully saturated rings. The third-order valence-corrected chi connectivity index (χ3v) is 3.90. The quantitative estimate of drug-likeness (QED) is 0.769. The Balaban J connectivity index is 2.09. The first-order chi connectivity index (χ1) is 7.87. The van der Waals surface area contributed by atoms with E-state index in [1.165, 1.54) is 38.9 Å². The first kappa shape index (κ1) is 14.9. The number of nitrogens with zero attached hydrogens (tertiary/aromatic N) is 2. The molecule has 102 valence electrons. The number of rotatable bonds is 6. The number of hydrogen-bond acceptors (Lipinski definition) is 3. The Bertz CT molecular complexity index is 202. The van der Waals surface area contributed by atoms with Gasteiger partial charge in [0.2, 0.25) is 0 Å². The first-order valence-corrected chi connectivity index (χ1v) is 7.03. The summed E-state index contributed by atoms with van der Waals surface area (Å²) < 4.78 is 0. The molecule has 1 rings (SSSR count). The van der Waals surface area contributed by atoms with Crippen LogP contribution in [0.3, 0.4) is 0 Å². The molecule has 0 saturated carbocycles. The topological polar surface area (TPSA) is 32.5 Å². The van der Waals surface area contributed by atoms with Gasteiger partial charge in [0.1, 0.15) is 0 Å². The van der Waals surface area contributed by atoms with Gasteiger partial charge in [-0.2, -0.15) is 0 Å². The highest BCUT2D eigenvalue weighted by molar-refractivity contribution is 4.74. The van der Waals surface area contributed by atoms with Crippen LogP contribution in [0.2, 0.25) is 0 Å². The fraction of sp³-hybridized carbons (Fsp3) is 1.00. The molecule has 1 heterocycles. The van der Waals surface area contributed by atoms with E-state index in [2.05, 4.69) is 37.7 Å². The minimum absolute atomic E-state index is 0.0260. The third kappa shape index (κ3) is 7.02. The molecule has 0 aromatic heterocycles. The van der Waals surface area contributed by atoms with Crippen molar-refractivity contribution in [1.29, 1.82) is 0 Å². The van der Waals surface area contributed by atoms with E-state index >= 15 is 0 Å². The normalized spacial score (nSPS) is 20.1. The molecule has 2 N–H and O–H groups in total. The molecule has 0 aromatic carbocycles. The van der Waals surface area contributed by atoms with Crippen LogP contribution >= 0.6 is 0 Å². The molecule has 0 spiro atoms. The van der Waals surface area contributed by atoms with Gasteiger partial charge in [-0.05, 0) is 85.7 Å². The monoisotopic (exact) mass is 241 g/mol. The summed E-state index contributed by atoms with van der Waals surface area (Å²) in [5.41, 5.74) is 5.98. The lowest BCUT2D eigenvalue weighted by atomic mass is 9.93. The van der Waals surface area contributed by atoms with Crippen LogP contribution in [0.25, 0.3) is 0 Å². The van der Waals surface area contributed by atoms with Crippen molar-refractivity contribution in [2.45, 2.75) is 45.1 Å². The average molecular weight is 241 g/mol. The largest absolute Gasteiger partial charge is 0.326 e. The van der Waals surface area contributed by atoms with E-state index in [4.69, 9.17) is 5.73 Å². The van der Waals surface area contributed by atoms with Crippen molar-refractivity contribution in [3.05, 3.63) is 0 Å². The second kappa shape index (κ2) is 6.72. The second-order valence-electron chi connectivity index (χ2n) is 6.58. The minimum Gasteiger partial charge on any atom is -0.326 e. The van der Waals surface area contributed by atoms with Gasteiger partial charge in [-0.25, -0.2) is 0 Å². The Kier molecular flexibility index (Phi) is 5.90. The van der Waals surface area contributed by atoms with E-state index in [0.717, 1.165) is 18.9 Å². The van der Waals surface area contributed by atoms with E-state index in [1.54, 1.807) is 0 Å². The summed E-state index contributed by atoms with van der Waals surface area (Å²) in [6, 6.07) is 0. The molecule has 0 aliphatic carbocycles. The molecule has 0 atom stereocenters. The molecule has 0 bridgehead atoms. The summed E-state index contributed by atoms with van der Waals surface area (Å²) in [7, 11) is 4.45. The molecule has 0 unspecified atom stereocenters. The Morgan fingerprint density at radius 3 is 2.35 bits per heavy atom. The average Bonchev–Trinajstić information content (AvgIpc) is 2.25. The lowest BCUT2D eigenvalue weighted by Gasteiger charge is -2.30. The highest BCUT2D eigenvalue weighted by Gasteiger charge is 2.17. The zero-order chi connectivity index (χ0) is 12.9. The SMILES string of the molecule is CN1CCC(CCN(C)CCC(C)(C)N)CC1. The summed E-state index contributed by atoms with van der Waals surface area (Å²) >= 11 is 0. The van der Waals surface area contributed by atoms with Gasteiger partial charge in [-0.15, -0.1) is 0 Å². The standard InChI is InChI=1S/C14H31N3/c1-14(2,15)8-12-17(4)11-7-13-5-9-16(3)10-6-13/h13H,5-12,15H2,1-4H3. The highest BCUT2D eigenvalue weighted by Crippen LogP contribution is 2.19. The van der Waals surface area contributed by atoms with Crippen molar-refractivity contribution in [3.63, 3.8) is 0 Å². The third-order valence-electron chi connectivity index (χ3n) is 3.90. The van der Waals surface area contributed by atoms with Crippen LogP contribution < -0.4 is 5.73 Å². The molecule has 0 amide bonds. The lowest BCUT2D eigenvalue weighted by Crippen LogP contribution is -2.37. The summed E-state index contributed by atoms with van der Waals surface area (Å²) in [5, 5.41) is 0. The number of nitrogens with two attached hydrogens (primary N) is 1. The van der Waals surface area contributed by atoms with Crippen molar-refractivity contribution < 1.29 is 0 Å². The smallest absolute Gasteiger partial charge is 0.0109 e. The Morgan fingerprint density at radius 2 is 1.82 bits per heavy atom. The maximum Gasteiger partial charge on any atom is 0.0109 e. The summed E-state index contributed by atoms with van der Waals surface area (Å²) in [4.78, 5) is 4.88. The second-order valence-corrected chi connectivity index (χ2v) is 6.58. The fourth-order valence-electron chi connectivity index (χ4n) is 2.34. The van der Waals surface area contributed by atoms with Gasteiger partial charge in [0.05, 0.1) is 0 Å². The van der Waals surface area contributed by atoms with E-state index in [-0.39, 0.29) is 5.54 Å². The molecule has 0 aromatic rings. The van der Waals surface area contributed by atoms with Gasteiger partial charge in [0.25, 0.3) is 0 Å². The number of piperidine rings is 1. The van der Waals surface area contributed by atoms with Crippen molar-refractivity contribution in [2.24, 2.45) is 11.7 Å². The predicted octanol–water partition coefficient (Wildman–Crippen LogP) is 1.78. The van der Waals surface area contributed by atoms with Crippen LogP contribution in [0.15, 0.2) is 0 Å². The Morgan fingerprint density at radius 1 is 1.24 bits per heavy atom. The van der Waals surface area contributed by atoms with Crippen molar-refractivity contribution >= 4 is 0 Å². The molecule has 1 saturated heterocycles. The number of hydrogen-bond donors (Lipinski definition) is 1. The van der Waals surface area contributed by atoms with E-state index < -0.39 is 0 Å². The maximum atomic E-state index is 6.01. The predicted molar refractivity (Wildman–Crippen MR) is 75.2 cm³/mol. The first-order valence-electron chi connectivity index (χ1n) is 7.03. The lowest BCUT2D eigenvalue weighted by molar-refractivity contribution is 0.192. The van der Waals surface area contributed by atoms with Gasteiger partial charge in [0.15, 0.2) is 0 Å². The van der Waals surface area contributed by atoms with Crippen LogP contribution in [0, 0.1) is 5.92 Å².